The van der Waals surface area contributed by atoms with E-state index in [2.05, 4.69) is 12.1 Å². The van der Waals surface area contributed by atoms with E-state index >= 15 is 0 Å². The van der Waals surface area contributed by atoms with Gasteiger partial charge in [-0.3, -0.25) is 4.79 Å². The fourth-order valence-electron chi connectivity index (χ4n) is 3.55. The summed E-state index contributed by atoms with van der Waals surface area (Å²) in [5, 5.41) is 0.351. The van der Waals surface area contributed by atoms with Crippen LogP contribution in [0, 0.1) is 5.92 Å². The molecule has 1 fully saturated rings. The number of carbonyl (C=O) groups is 1. The lowest BCUT2D eigenvalue weighted by molar-refractivity contribution is -0.132. The first-order chi connectivity index (χ1) is 13.8. The van der Waals surface area contributed by atoms with Crippen LogP contribution in [0.25, 0.3) is 0 Å². The minimum Gasteiger partial charge on any atom is -0.342 e. The fraction of sp³-hybridized carbons (Fsp3) is 0.381. The zero-order valence-corrected chi connectivity index (χ0v) is 18.6. The molecule has 0 N–H and O–H groups in total. The Labute approximate surface area is 182 Å². The highest BCUT2D eigenvalue weighted by Gasteiger charge is 2.29. The minimum absolute atomic E-state index is 0.0791. The summed E-state index contributed by atoms with van der Waals surface area (Å²) in [5.41, 5.74) is 1.31. The van der Waals surface area contributed by atoms with Gasteiger partial charge in [0, 0.05) is 25.2 Å². The number of nitrogens with zero attached hydrogens (tertiary/aromatic N) is 2. The molecule has 0 radical (unpaired) electrons. The number of halogens is 2. The molecule has 5 nitrogen and oxygen atoms in total. The first kappa shape index (κ1) is 22.1. The van der Waals surface area contributed by atoms with Crippen LogP contribution in [0.2, 0.25) is 10.0 Å². The molecule has 8 heteroatoms. The minimum atomic E-state index is -3.91. The topological polar surface area (TPSA) is 57.7 Å². The molecule has 0 bridgehead atoms. The lowest BCUT2D eigenvalue weighted by atomic mass is 9.90. The van der Waals surface area contributed by atoms with E-state index in [1.54, 1.807) is 4.90 Å². The lowest BCUT2D eigenvalue weighted by Gasteiger charge is -2.33. The van der Waals surface area contributed by atoms with E-state index in [1.165, 1.54) is 30.8 Å². The second-order valence-electron chi connectivity index (χ2n) is 7.35. The molecule has 156 valence electrons. The Balaban J connectivity index is 1.57. The predicted molar refractivity (Wildman–Crippen MR) is 116 cm³/mol. The Morgan fingerprint density at radius 1 is 1.10 bits per heavy atom. The summed E-state index contributed by atoms with van der Waals surface area (Å²) in [6.07, 6.45) is 2.83. The van der Waals surface area contributed by atoms with Crippen molar-refractivity contribution >= 4 is 39.1 Å². The quantitative estimate of drug-likeness (QED) is 0.659. The summed E-state index contributed by atoms with van der Waals surface area (Å²) < 4.78 is 26.6. The maximum absolute atomic E-state index is 12.8. The second kappa shape index (κ2) is 9.47. The van der Waals surface area contributed by atoms with E-state index in [4.69, 9.17) is 23.2 Å². The highest BCUT2D eigenvalue weighted by Crippen LogP contribution is 2.27. The second-order valence-corrected chi connectivity index (χ2v) is 10.2. The van der Waals surface area contributed by atoms with E-state index < -0.39 is 10.0 Å². The standard InChI is InChI=1S/C21H24Cl2N2O3S/c1-24(29(27,28)20-14-18(22)7-8-19(20)23)15-21(26)25-11-9-17(10-12-25)13-16-5-3-2-4-6-16/h2-8,14,17H,9-13,15H2,1H3. The summed E-state index contributed by atoms with van der Waals surface area (Å²) in [5.74, 6) is 0.334. The van der Waals surface area contributed by atoms with Gasteiger partial charge in [-0.1, -0.05) is 53.5 Å². The van der Waals surface area contributed by atoms with Gasteiger partial charge in [-0.15, -0.1) is 0 Å². The fourth-order valence-corrected chi connectivity index (χ4v) is 5.41. The first-order valence-corrected chi connectivity index (χ1v) is 11.7. The molecule has 0 aromatic heterocycles. The largest absolute Gasteiger partial charge is 0.342 e. The van der Waals surface area contributed by atoms with Gasteiger partial charge in [0.25, 0.3) is 0 Å². The average Bonchev–Trinajstić information content (AvgIpc) is 2.71. The van der Waals surface area contributed by atoms with E-state index in [0.29, 0.717) is 19.0 Å². The average molecular weight is 455 g/mol. The molecule has 0 atom stereocenters. The number of likely N-dealkylation sites (tertiary alicyclic amines) is 1. The van der Waals surface area contributed by atoms with Crippen LogP contribution in [-0.2, 0) is 21.2 Å². The van der Waals surface area contributed by atoms with Crippen molar-refractivity contribution in [2.45, 2.75) is 24.2 Å². The van der Waals surface area contributed by atoms with Gasteiger partial charge in [0.1, 0.15) is 4.90 Å². The van der Waals surface area contributed by atoms with E-state index in [1.807, 2.05) is 18.2 Å². The molecule has 1 saturated heterocycles. The van der Waals surface area contributed by atoms with Crippen LogP contribution in [0.15, 0.2) is 53.4 Å². The molecule has 2 aromatic rings. The van der Waals surface area contributed by atoms with Crippen LogP contribution in [0.3, 0.4) is 0 Å². The van der Waals surface area contributed by atoms with Gasteiger partial charge in [-0.2, -0.15) is 4.31 Å². The van der Waals surface area contributed by atoms with Crippen molar-refractivity contribution < 1.29 is 13.2 Å². The van der Waals surface area contributed by atoms with Crippen molar-refractivity contribution in [3.05, 3.63) is 64.1 Å². The molecule has 0 unspecified atom stereocenters. The molecular weight excluding hydrogens is 431 g/mol. The third kappa shape index (κ3) is 5.51. The third-order valence-corrected chi connectivity index (χ3v) is 7.79. The number of sulfonamides is 1. The summed E-state index contributed by atoms with van der Waals surface area (Å²) in [6.45, 7) is 1.05. The zero-order chi connectivity index (χ0) is 21.0. The number of likely N-dealkylation sites (N-methyl/N-ethyl adjacent to an activating group) is 1. The molecular formula is C21H24Cl2N2O3S. The maximum Gasteiger partial charge on any atom is 0.244 e. The smallest absolute Gasteiger partial charge is 0.244 e. The molecule has 0 aliphatic carbocycles. The van der Waals surface area contributed by atoms with Crippen molar-refractivity contribution in [2.24, 2.45) is 5.92 Å². The van der Waals surface area contributed by atoms with Gasteiger partial charge in [0.15, 0.2) is 0 Å². The summed E-state index contributed by atoms with van der Waals surface area (Å²) in [4.78, 5) is 14.3. The van der Waals surface area contributed by atoms with Gasteiger partial charge in [0.05, 0.1) is 11.6 Å². The number of carbonyl (C=O) groups excluding carboxylic acids is 1. The highest BCUT2D eigenvalue weighted by atomic mass is 35.5. The molecule has 29 heavy (non-hydrogen) atoms. The molecule has 3 rings (SSSR count). The Kier molecular flexibility index (Phi) is 7.22. The Morgan fingerprint density at radius 3 is 2.41 bits per heavy atom. The number of piperidine rings is 1. The lowest BCUT2D eigenvalue weighted by Crippen LogP contribution is -2.44. The molecule has 1 aliphatic heterocycles. The van der Waals surface area contributed by atoms with Gasteiger partial charge >= 0.3 is 0 Å². The van der Waals surface area contributed by atoms with Gasteiger partial charge < -0.3 is 4.90 Å². The van der Waals surface area contributed by atoms with Crippen molar-refractivity contribution in [1.29, 1.82) is 0 Å². The Bertz CT molecular complexity index is 959. The van der Waals surface area contributed by atoms with Gasteiger partial charge in [-0.05, 0) is 48.9 Å². The van der Waals surface area contributed by atoms with Gasteiger partial charge in [0.2, 0.25) is 15.9 Å². The number of rotatable bonds is 6. The number of hydrogen-bond acceptors (Lipinski definition) is 3. The molecule has 2 aromatic carbocycles. The monoisotopic (exact) mass is 454 g/mol. The van der Waals surface area contributed by atoms with Gasteiger partial charge in [-0.25, -0.2) is 8.42 Å². The normalized spacial score (nSPS) is 15.7. The summed E-state index contributed by atoms with van der Waals surface area (Å²) >= 11 is 11.9. The third-order valence-electron chi connectivity index (χ3n) is 5.27. The van der Waals surface area contributed by atoms with Crippen LogP contribution < -0.4 is 0 Å². The van der Waals surface area contributed by atoms with E-state index in [9.17, 15) is 13.2 Å². The van der Waals surface area contributed by atoms with Crippen LogP contribution in [0.1, 0.15) is 18.4 Å². The molecule has 0 spiro atoms. The molecule has 1 heterocycles. The molecule has 0 saturated carbocycles. The predicted octanol–water partition coefficient (Wildman–Crippen LogP) is 4.10. The summed E-state index contributed by atoms with van der Waals surface area (Å²) in [6, 6.07) is 14.6. The van der Waals surface area contributed by atoms with Crippen molar-refractivity contribution in [3.63, 3.8) is 0 Å². The van der Waals surface area contributed by atoms with E-state index in [0.717, 1.165) is 23.6 Å². The number of amides is 1. The maximum atomic E-state index is 12.8. The molecule has 1 aliphatic rings. The van der Waals surface area contributed by atoms with Crippen LogP contribution in [0.4, 0.5) is 0 Å². The SMILES string of the molecule is CN(CC(=O)N1CCC(Cc2ccccc2)CC1)S(=O)(=O)c1cc(Cl)ccc1Cl. The first-order valence-electron chi connectivity index (χ1n) is 9.50. The Morgan fingerprint density at radius 2 is 1.76 bits per heavy atom. The Hall–Kier alpha value is -1.60. The number of benzene rings is 2. The zero-order valence-electron chi connectivity index (χ0n) is 16.2. The van der Waals surface area contributed by atoms with Crippen LogP contribution >= 0.6 is 23.2 Å². The molecule has 1 amide bonds. The summed E-state index contributed by atoms with van der Waals surface area (Å²) in [7, 11) is -2.53. The highest BCUT2D eigenvalue weighted by molar-refractivity contribution is 7.89. The van der Waals surface area contributed by atoms with Crippen LogP contribution in [-0.4, -0.2) is 50.2 Å². The van der Waals surface area contributed by atoms with Crippen molar-refractivity contribution in [3.8, 4) is 0 Å². The van der Waals surface area contributed by atoms with E-state index in [-0.39, 0.29) is 27.4 Å². The van der Waals surface area contributed by atoms with Crippen molar-refractivity contribution in [2.75, 3.05) is 26.7 Å². The van der Waals surface area contributed by atoms with Crippen LogP contribution in [0.5, 0.6) is 0 Å². The number of hydrogen-bond donors (Lipinski definition) is 0. The van der Waals surface area contributed by atoms with Crippen molar-refractivity contribution in [1.82, 2.24) is 9.21 Å².